The van der Waals surface area contributed by atoms with E-state index in [4.69, 9.17) is 5.73 Å². The normalized spacial score (nSPS) is 32.1. The molecular formula is C9H18N2O. The Morgan fingerprint density at radius 2 is 1.92 bits per heavy atom. The average molecular weight is 170 g/mol. The standard InChI is InChI=1S/C9H18N2O/c1-8(2)5-9(8,7(10)12)6-11(3)4/h5-6H2,1-4H3,(H2,10,12). The van der Waals surface area contributed by atoms with Gasteiger partial charge in [0.05, 0.1) is 5.41 Å². The largest absolute Gasteiger partial charge is 0.369 e. The van der Waals surface area contributed by atoms with Crippen molar-refractivity contribution in [1.29, 1.82) is 0 Å². The second-order valence-electron chi connectivity index (χ2n) is 4.74. The molecule has 0 aromatic heterocycles. The van der Waals surface area contributed by atoms with E-state index in [1.54, 1.807) is 0 Å². The summed E-state index contributed by atoms with van der Waals surface area (Å²) in [4.78, 5) is 13.3. The van der Waals surface area contributed by atoms with Crippen molar-refractivity contribution < 1.29 is 4.79 Å². The molecule has 1 aliphatic carbocycles. The van der Waals surface area contributed by atoms with Crippen LogP contribution in [0.4, 0.5) is 0 Å². The fourth-order valence-electron chi connectivity index (χ4n) is 2.02. The van der Waals surface area contributed by atoms with Crippen molar-refractivity contribution in [2.24, 2.45) is 16.6 Å². The summed E-state index contributed by atoms with van der Waals surface area (Å²) in [6, 6.07) is 0. The Kier molecular flexibility index (Phi) is 1.95. The van der Waals surface area contributed by atoms with Crippen LogP contribution >= 0.6 is 0 Å². The molecule has 0 bridgehead atoms. The molecule has 0 saturated heterocycles. The van der Waals surface area contributed by atoms with E-state index in [0.29, 0.717) is 0 Å². The van der Waals surface area contributed by atoms with Gasteiger partial charge in [0.1, 0.15) is 0 Å². The highest BCUT2D eigenvalue weighted by Gasteiger charge is 2.65. The second-order valence-corrected chi connectivity index (χ2v) is 4.74. The van der Waals surface area contributed by atoms with Gasteiger partial charge in [0, 0.05) is 6.54 Å². The highest BCUT2D eigenvalue weighted by Crippen LogP contribution is 2.63. The number of hydrogen-bond donors (Lipinski definition) is 1. The topological polar surface area (TPSA) is 46.3 Å². The molecule has 0 spiro atoms. The molecule has 0 aromatic rings. The zero-order chi connectivity index (χ0) is 9.57. The van der Waals surface area contributed by atoms with E-state index in [1.807, 2.05) is 19.0 Å². The maximum absolute atomic E-state index is 11.2. The summed E-state index contributed by atoms with van der Waals surface area (Å²) in [5, 5.41) is 0. The second kappa shape index (κ2) is 2.46. The van der Waals surface area contributed by atoms with Crippen LogP contribution in [0.15, 0.2) is 0 Å². The molecule has 0 heterocycles. The van der Waals surface area contributed by atoms with Gasteiger partial charge in [0.15, 0.2) is 0 Å². The molecule has 1 rings (SSSR count). The molecule has 0 aromatic carbocycles. The quantitative estimate of drug-likeness (QED) is 0.668. The lowest BCUT2D eigenvalue weighted by atomic mass is 9.95. The molecule has 70 valence electrons. The summed E-state index contributed by atoms with van der Waals surface area (Å²) in [5.74, 6) is -0.152. The first-order valence-electron chi connectivity index (χ1n) is 4.26. The van der Waals surface area contributed by atoms with Gasteiger partial charge in [0.25, 0.3) is 0 Å². The Morgan fingerprint density at radius 3 is 2.00 bits per heavy atom. The Bertz CT molecular complexity index is 211. The van der Waals surface area contributed by atoms with Gasteiger partial charge in [-0.3, -0.25) is 4.79 Å². The van der Waals surface area contributed by atoms with E-state index in [0.717, 1.165) is 13.0 Å². The summed E-state index contributed by atoms with van der Waals surface area (Å²) in [6.45, 7) is 4.97. The van der Waals surface area contributed by atoms with Gasteiger partial charge in [-0.25, -0.2) is 0 Å². The van der Waals surface area contributed by atoms with Crippen molar-refractivity contribution in [3.05, 3.63) is 0 Å². The summed E-state index contributed by atoms with van der Waals surface area (Å²) >= 11 is 0. The van der Waals surface area contributed by atoms with Gasteiger partial charge in [-0.2, -0.15) is 0 Å². The molecular weight excluding hydrogens is 152 g/mol. The average Bonchev–Trinajstić information content (AvgIpc) is 2.33. The maximum Gasteiger partial charge on any atom is 0.225 e. The van der Waals surface area contributed by atoms with Crippen LogP contribution in [0.25, 0.3) is 0 Å². The van der Waals surface area contributed by atoms with Gasteiger partial charge in [-0.1, -0.05) is 13.8 Å². The number of amides is 1. The van der Waals surface area contributed by atoms with Crippen LogP contribution in [-0.4, -0.2) is 31.4 Å². The molecule has 0 radical (unpaired) electrons. The van der Waals surface area contributed by atoms with Gasteiger partial charge in [0.2, 0.25) is 5.91 Å². The van der Waals surface area contributed by atoms with Crippen molar-refractivity contribution in [2.45, 2.75) is 20.3 Å². The Balaban J connectivity index is 2.73. The summed E-state index contributed by atoms with van der Waals surface area (Å²) in [6.07, 6.45) is 0.924. The monoisotopic (exact) mass is 170 g/mol. The van der Waals surface area contributed by atoms with Crippen LogP contribution in [0.3, 0.4) is 0 Å². The van der Waals surface area contributed by atoms with Gasteiger partial charge in [-0.15, -0.1) is 0 Å². The highest BCUT2D eigenvalue weighted by molar-refractivity contribution is 5.85. The minimum Gasteiger partial charge on any atom is -0.369 e. The van der Waals surface area contributed by atoms with Crippen LogP contribution in [0.1, 0.15) is 20.3 Å². The molecule has 3 nitrogen and oxygen atoms in total. The molecule has 1 saturated carbocycles. The summed E-state index contributed by atoms with van der Waals surface area (Å²) in [7, 11) is 3.94. The summed E-state index contributed by atoms with van der Waals surface area (Å²) in [5.41, 5.74) is 5.22. The molecule has 1 amide bonds. The lowest BCUT2D eigenvalue weighted by Crippen LogP contribution is -2.37. The Morgan fingerprint density at radius 1 is 1.50 bits per heavy atom. The minimum atomic E-state index is -0.267. The van der Waals surface area contributed by atoms with E-state index in [9.17, 15) is 4.79 Å². The molecule has 1 fully saturated rings. The van der Waals surface area contributed by atoms with Crippen molar-refractivity contribution in [1.82, 2.24) is 4.90 Å². The first-order valence-corrected chi connectivity index (χ1v) is 4.26. The first-order chi connectivity index (χ1) is 5.32. The van der Waals surface area contributed by atoms with E-state index < -0.39 is 0 Å². The third kappa shape index (κ3) is 1.22. The number of rotatable bonds is 3. The van der Waals surface area contributed by atoms with E-state index in [2.05, 4.69) is 13.8 Å². The zero-order valence-corrected chi connectivity index (χ0v) is 8.35. The van der Waals surface area contributed by atoms with E-state index >= 15 is 0 Å². The molecule has 3 heteroatoms. The van der Waals surface area contributed by atoms with E-state index in [-0.39, 0.29) is 16.7 Å². The van der Waals surface area contributed by atoms with E-state index in [1.165, 1.54) is 0 Å². The number of primary amides is 1. The van der Waals surface area contributed by atoms with Crippen molar-refractivity contribution in [3.63, 3.8) is 0 Å². The van der Waals surface area contributed by atoms with Crippen LogP contribution in [0, 0.1) is 10.8 Å². The highest BCUT2D eigenvalue weighted by atomic mass is 16.1. The van der Waals surface area contributed by atoms with Crippen LogP contribution < -0.4 is 5.73 Å². The predicted molar refractivity (Wildman–Crippen MR) is 48.6 cm³/mol. The van der Waals surface area contributed by atoms with Crippen molar-refractivity contribution >= 4 is 5.91 Å². The summed E-state index contributed by atoms with van der Waals surface area (Å²) < 4.78 is 0. The number of carbonyl (C=O) groups excluding carboxylic acids is 1. The number of hydrogen-bond acceptors (Lipinski definition) is 2. The molecule has 1 atom stereocenters. The minimum absolute atomic E-state index is 0.100. The maximum atomic E-state index is 11.2. The predicted octanol–water partition coefficient (Wildman–Crippen LogP) is 0.450. The van der Waals surface area contributed by atoms with Crippen molar-refractivity contribution in [3.8, 4) is 0 Å². The van der Waals surface area contributed by atoms with Crippen LogP contribution in [0.2, 0.25) is 0 Å². The van der Waals surface area contributed by atoms with Crippen LogP contribution in [0.5, 0.6) is 0 Å². The van der Waals surface area contributed by atoms with Gasteiger partial charge >= 0.3 is 0 Å². The number of nitrogens with two attached hydrogens (primary N) is 1. The first kappa shape index (κ1) is 9.52. The van der Waals surface area contributed by atoms with Crippen LogP contribution in [-0.2, 0) is 4.79 Å². The Labute approximate surface area is 73.9 Å². The number of nitrogens with zero attached hydrogens (tertiary/aromatic N) is 1. The molecule has 2 N–H and O–H groups in total. The fraction of sp³-hybridized carbons (Fsp3) is 0.889. The smallest absolute Gasteiger partial charge is 0.225 e. The SMILES string of the molecule is CN(C)CC1(C(N)=O)CC1(C)C. The fourth-order valence-corrected chi connectivity index (χ4v) is 2.02. The molecule has 0 aliphatic heterocycles. The lowest BCUT2D eigenvalue weighted by molar-refractivity contribution is -0.124. The Hall–Kier alpha value is -0.570. The third-order valence-corrected chi connectivity index (χ3v) is 2.97. The van der Waals surface area contributed by atoms with Crippen molar-refractivity contribution in [2.75, 3.05) is 20.6 Å². The van der Waals surface area contributed by atoms with Gasteiger partial charge < -0.3 is 10.6 Å². The molecule has 1 unspecified atom stereocenters. The lowest BCUT2D eigenvalue weighted by Gasteiger charge is -2.20. The molecule has 12 heavy (non-hydrogen) atoms. The third-order valence-electron chi connectivity index (χ3n) is 2.97. The zero-order valence-electron chi connectivity index (χ0n) is 8.35. The molecule has 1 aliphatic rings. The van der Waals surface area contributed by atoms with Gasteiger partial charge in [-0.05, 0) is 25.9 Å². The number of carbonyl (C=O) groups is 1.